The molecule has 0 N–H and O–H groups in total. The lowest BCUT2D eigenvalue weighted by atomic mass is 9.92. The van der Waals surface area contributed by atoms with Crippen molar-refractivity contribution in [2.75, 3.05) is 0 Å². The molecule has 0 amide bonds. The Morgan fingerprint density at radius 1 is 1.20 bits per heavy atom. The lowest BCUT2D eigenvalue weighted by Gasteiger charge is -2.19. The van der Waals surface area contributed by atoms with Gasteiger partial charge < -0.3 is 0 Å². The van der Waals surface area contributed by atoms with E-state index in [-0.39, 0.29) is 0 Å². The molecule has 2 heteroatoms. The fraction of sp³-hybridized carbons (Fsp3) is 0.615. The third-order valence-electron chi connectivity index (χ3n) is 3.29. The van der Waals surface area contributed by atoms with E-state index in [9.17, 15) is 0 Å². The van der Waals surface area contributed by atoms with Crippen molar-refractivity contribution in [2.45, 2.75) is 50.3 Å². The van der Waals surface area contributed by atoms with E-state index in [2.05, 4.69) is 17.1 Å². The molecule has 1 aliphatic carbocycles. The zero-order chi connectivity index (χ0) is 10.7. The van der Waals surface area contributed by atoms with Gasteiger partial charge in [-0.05, 0) is 31.4 Å². The van der Waals surface area contributed by atoms with Crippen molar-refractivity contribution in [3.63, 3.8) is 0 Å². The van der Waals surface area contributed by atoms with E-state index in [1.165, 1.54) is 31.2 Å². The molecule has 82 valence electrons. The Hall–Kier alpha value is -0.560. The van der Waals surface area contributed by atoms with Crippen molar-refractivity contribution in [2.24, 2.45) is 0 Å². The zero-order valence-corrected chi connectivity index (χ0v) is 10.0. The number of pyridine rings is 1. The highest BCUT2D eigenvalue weighted by Crippen LogP contribution is 2.34. The summed E-state index contributed by atoms with van der Waals surface area (Å²) in [4.78, 5) is 4.36. The number of nitrogens with zero attached hydrogens (tertiary/aromatic N) is 1. The van der Waals surface area contributed by atoms with E-state index in [0.29, 0.717) is 11.3 Å². The first-order valence-electron chi connectivity index (χ1n) is 5.84. The Kier molecular flexibility index (Phi) is 3.63. The standard InChI is InChI=1S/C13H18ClN/c1-10-7-8-11(9-15-10)12-5-3-2-4-6-13(12)14/h7-9,12-13H,2-6H2,1H3. The average Bonchev–Trinajstić information content (AvgIpc) is 2.44. The molecule has 0 bridgehead atoms. The smallest absolute Gasteiger partial charge is 0.0405 e. The average molecular weight is 224 g/mol. The lowest BCUT2D eigenvalue weighted by Crippen LogP contribution is -2.11. The van der Waals surface area contributed by atoms with E-state index in [0.717, 1.165) is 12.1 Å². The normalized spacial score (nSPS) is 27.3. The summed E-state index contributed by atoms with van der Waals surface area (Å²) in [6, 6.07) is 4.28. The van der Waals surface area contributed by atoms with Crippen LogP contribution in [0.4, 0.5) is 0 Å². The molecule has 1 fully saturated rings. The van der Waals surface area contributed by atoms with Gasteiger partial charge in [-0.25, -0.2) is 0 Å². The summed E-state index contributed by atoms with van der Waals surface area (Å²) >= 11 is 6.43. The summed E-state index contributed by atoms with van der Waals surface area (Å²) in [5, 5.41) is 0.303. The van der Waals surface area contributed by atoms with E-state index < -0.39 is 0 Å². The minimum Gasteiger partial charge on any atom is -0.261 e. The van der Waals surface area contributed by atoms with Gasteiger partial charge in [0.05, 0.1) is 0 Å². The minimum atomic E-state index is 0.303. The molecule has 1 nitrogen and oxygen atoms in total. The van der Waals surface area contributed by atoms with Crippen LogP contribution in [0.15, 0.2) is 18.3 Å². The molecular formula is C13H18ClN. The van der Waals surface area contributed by atoms with Crippen molar-refractivity contribution < 1.29 is 0 Å². The van der Waals surface area contributed by atoms with Crippen molar-refractivity contribution in [1.82, 2.24) is 4.98 Å². The molecule has 2 rings (SSSR count). The SMILES string of the molecule is Cc1ccc(C2CCCCCC2Cl)cn1. The van der Waals surface area contributed by atoms with Gasteiger partial charge in [0.1, 0.15) is 0 Å². The fourth-order valence-electron chi connectivity index (χ4n) is 2.34. The second-order valence-electron chi connectivity index (χ2n) is 4.49. The third kappa shape index (κ3) is 2.72. The maximum absolute atomic E-state index is 6.43. The molecular weight excluding hydrogens is 206 g/mol. The van der Waals surface area contributed by atoms with Crippen LogP contribution >= 0.6 is 11.6 Å². The number of aromatic nitrogens is 1. The van der Waals surface area contributed by atoms with Crippen molar-refractivity contribution in [3.8, 4) is 0 Å². The first-order chi connectivity index (χ1) is 7.27. The van der Waals surface area contributed by atoms with Crippen LogP contribution in [0.3, 0.4) is 0 Å². The van der Waals surface area contributed by atoms with E-state index in [1.807, 2.05) is 13.1 Å². The summed E-state index contributed by atoms with van der Waals surface area (Å²) in [7, 11) is 0. The Morgan fingerprint density at radius 3 is 2.73 bits per heavy atom. The van der Waals surface area contributed by atoms with Crippen LogP contribution in [0.2, 0.25) is 0 Å². The number of hydrogen-bond acceptors (Lipinski definition) is 1. The zero-order valence-electron chi connectivity index (χ0n) is 9.25. The molecule has 1 saturated carbocycles. The van der Waals surface area contributed by atoms with Gasteiger partial charge in [0, 0.05) is 23.2 Å². The van der Waals surface area contributed by atoms with E-state index in [1.54, 1.807) is 0 Å². The molecule has 0 aliphatic heterocycles. The summed E-state index contributed by atoms with van der Waals surface area (Å²) in [5.41, 5.74) is 2.40. The third-order valence-corrected chi connectivity index (χ3v) is 3.82. The molecule has 0 aromatic carbocycles. The lowest BCUT2D eigenvalue weighted by molar-refractivity contribution is 0.598. The summed E-state index contributed by atoms with van der Waals surface area (Å²) in [6.45, 7) is 2.02. The van der Waals surface area contributed by atoms with Crippen molar-refractivity contribution >= 4 is 11.6 Å². The fourth-order valence-corrected chi connectivity index (χ4v) is 2.76. The van der Waals surface area contributed by atoms with Gasteiger partial charge in [-0.15, -0.1) is 11.6 Å². The molecule has 1 aromatic rings. The maximum Gasteiger partial charge on any atom is 0.0405 e. The van der Waals surface area contributed by atoms with Crippen LogP contribution in [-0.2, 0) is 0 Å². The van der Waals surface area contributed by atoms with E-state index in [4.69, 9.17) is 11.6 Å². The second kappa shape index (κ2) is 4.98. The van der Waals surface area contributed by atoms with Crippen LogP contribution in [0.25, 0.3) is 0 Å². The largest absolute Gasteiger partial charge is 0.261 e. The number of aryl methyl sites for hydroxylation is 1. The first kappa shape index (κ1) is 10.9. The highest BCUT2D eigenvalue weighted by molar-refractivity contribution is 6.21. The Morgan fingerprint density at radius 2 is 2.00 bits per heavy atom. The molecule has 2 unspecified atom stereocenters. The molecule has 1 aromatic heterocycles. The van der Waals surface area contributed by atoms with Crippen LogP contribution in [0.5, 0.6) is 0 Å². The molecule has 2 atom stereocenters. The minimum absolute atomic E-state index is 0.303. The Labute approximate surface area is 96.9 Å². The number of halogens is 1. The molecule has 0 saturated heterocycles. The predicted octanol–water partition coefficient (Wildman–Crippen LogP) is 4.05. The summed E-state index contributed by atoms with van der Waals surface area (Å²) in [6.07, 6.45) is 8.30. The Balaban J connectivity index is 2.16. The molecule has 1 aliphatic rings. The first-order valence-corrected chi connectivity index (χ1v) is 6.27. The topological polar surface area (TPSA) is 12.9 Å². The van der Waals surface area contributed by atoms with Gasteiger partial charge in [0.2, 0.25) is 0 Å². The summed E-state index contributed by atoms with van der Waals surface area (Å²) in [5.74, 6) is 0.516. The van der Waals surface area contributed by atoms with Gasteiger partial charge in [-0.3, -0.25) is 4.98 Å². The molecule has 1 heterocycles. The van der Waals surface area contributed by atoms with Crippen LogP contribution in [0, 0.1) is 6.92 Å². The van der Waals surface area contributed by atoms with Crippen LogP contribution in [-0.4, -0.2) is 10.4 Å². The van der Waals surface area contributed by atoms with Crippen LogP contribution < -0.4 is 0 Å². The number of hydrogen-bond donors (Lipinski definition) is 0. The van der Waals surface area contributed by atoms with Gasteiger partial charge in [-0.2, -0.15) is 0 Å². The van der Waals surface area contributed by atoms with Gasteiger partial charge >= 0.3 is 0 Å². The number of rotatable bonds is 1. The van der Waals surface area contributed by atoms with E-state index >= 15 is 0 Å². The molecule has 0 radical (unpaired) electrons. The Bertz CT molecular complexity index is 307. The number of alkyl halides is 1. The highest BCUT2D eigenvalue weighted by atomic mass is 35.5. The summed E-state index contributed by atoms with van der Waals surface area (Å²) < 4.78 is 0. The van der Waals surface area contributed by atoms with Crippen molar-refractivity contribution in [3.05, 3.63) is 29.6 Å². The van der Waals surface area contributed by atoms with Gasteiger partial charge in [-0.1, -0.05) is 25.3 Å². The monoisotopic (exact) mass is 223 g/mol. The predicted molar refractivity (Wildman–Crippen MR) is 64.4 cm³/mol. The van der Waals surface area contributed by atoms with Gasteiger partial charge in [0.25, 0.3) is 0 Å². The van der Waals surface area contributed by atoms with Gasteiger partial charge in [0.15, 0.2) is 0 Å². The maximum atomic E-state index is 6.43. The molecule has 15 heavy (non-hydrogen) atoms. The quantitative estimate of drug-likeness (QED) is 0.517. The van der Waals surface area contributed by atoms with Crippen molar-refractivity contribution in [1.29, 1.82) is 0 Å². The highest BCUT2D eigenvalue weighted by Gasteiger charge is 2.23. The molecule has 0 spiro atoms. The second-order valence-corrected chi connectivity index (χ2v) is 5.05. The van der Waals surface area contributed by atoms with Crippen LogP contribution in [0.1, 0.15) is 49.3 Å².